The summed E-state index contributed by atoms with van der Waals surface area (Å²) in [5, 5.41) is 22.9. The summed E-state index contributed by atoms with van der Waals surface area (Å²) < 4.78 is 19.9. The Labute approximate surface area is 191 Å². The number of phenolic OH excluding ortho intramolecular Hbond substituents is 1. The second-order valence-electron chi connectivity index (χ2n) is 8.42. The third kappa shape index (κ3) is 6.10. The minimum atomic E-state index is -1.05. The van der Waals surface area contributed by atoms with Crippen molar-refractivity contribution in [2.75, 3.05) is 5.32 Å². The smallest absolute Gasteiger partial charge is 0.412 e. The summed E-state index contributed by atoms with van der Waals surface area (Å²) in [6.07, 6.45) is 1.89. The van der Waals surface area contributed by atoms with E-state index >= 15 is 0 Å². The van der Waals surface area contributed by atoms with Crippen LogP contribution in [0.4, 0.5) is 14.9 Å². The first kappa shape index (κ1) is 23.8. The Kier molecular flexibility index (Phi) is 7.33. The summed E-state index contributed by atoms with van der Waals surface area (Å²) in [6, 6.07) is 17.0. The van der Waals surface area contributed by atoms with Crippen LogP contribution in [0.2, 0.25) is 0 Å². The number of carbonyl (C=O) groups excluding carboxylic acids is 1. The first-order valence-corrected chi connectivity index (χ1v) is 10.5. The van der Waals surface area contributed by atoms with Crippen LogP contribution in [0.3, 0.4) is 0 Å². The van der Waals surface area contributed by atoms with Crippen LogP contribution < -0.4 is 5.32 Å². The van der Waals surface area contributed by atoms with Gasteiger partial charge >= 0.3 is 12.1 Å². The SMILES string of the molecule is CC(C)(CC/C=C/C(=O)O)[C@H](OC(=O)Nc1cccc2ccccc12)c1ccc(O)c(F)c1. The molecular formula is C26H26FNO5. The van der Waals surface area contributed by atoms with Crippen molar-refractivity contribution in [1.82, 2.24) is 0 Å². The van der Waals surface area contributed by atoms with Gasteiger partial charge in [0.15, 0.2) is 11.6 Å². The molecule has 172 valence electrons. The molecule has 1 atom stereocenters. The van der Waals surface area contributed by atoms with E-state index in [9.17, 15) is 19.1 Å². The fraction of sp³-hybridized carbons (Fsp3) is 0.231. The lowest BCUT2D eigenvalue weighted by atomic mass is 9.78. The van der Waals surface area contributed by atoms with Gasteiger partial charge in [-0.15, -0.1) is 0 Å². The monoisotopic (exact) mass is 451 g/mol. The number of carbonyl (C=O) groups is 2. The van der Waals surface area contributed by atoms with Crippen molar-refractivity contribution >= 4 is 28.5 Å². The van der Waals surface area contributed by atoms with Gasteiger partial charge < -0.3 is 14.9 Å². The van der Waals surface area contributed by atoms with E-state index in [0.29, 0.717) is 24.1 Å². The number of carboxylic acids is 1. The molecule has 1 amide bonds. The molecule has 0 saturated carbocycles. The van der Waals surface area contributed by atoms with Gasteiger partial charge in [-0.2, -0.15) is 0 Å². The average Bonchev–Trinajstić information content (AvgIpc) is 2.77. The van der Waals surface area contributed by atoms with Crippen molar-refractivity contribution in [3.8, 4) is 5.75 Å². The molecule has 3 rings (SSSR count). The molecule has 0 spiro atoms. The number of allylic oxidation sites excluding steroid dienone is 1. The van der Waals surface area contributed by atoms with E-state index in [0.717, 1.165) is 22.9 Å². The van der Waals surface area contributed by atoms with Crippen molar-refractivity contribution in [3.63, 3.8) is 0 Å². The predicted molar refractivity (Wildman–Crippen MR) is 125 cm³/mol. The molecule has 0 heterocycles. The Hall–Kier alpha value is -3.87. The highest BCUT2D eigenvalue weighted by molar-refractivity contribution is 6.00. The van der Waals surface area contributed by atoms with Crippen molar-refractivity contribution in [2.24, 2.45) is 5.41 Å². The van der Waals surface area contributed by atoms with Gasteiger partial charge in [-0.3, -0.25) is 5.32 Å². The van der Waals surface area contributed by atoms with Crippen molar-refractivity contribution < 1.29 is 28.9 Å². The summed E-state index contributed by atoms with van der Waals surface area (Å²) in [5.41, 5.74) is 0.282. The number of carboxylic acid groups (broad SMARTS) is 1. The van der Waals surface area contributed by atoms with Crippen LogP contribution in [0.25, 0.3) is 10.8 Å². The highest BCUT2D eigenvalue weighted by atomic mass is 19.1. The minimum Gasteiger partial charge on any atom is -0.505 e. The number of amides is 1. The van der Waals surface area contributed by atoms with Gasteiger partial charge in [0.25, 0.3) is 0 Å². The highest BCUT2D eigenvalue weighted by Gasteiger charge is 2.34. The van der Waals surface area contributed by atoms with E-state index < -0.39 is 35.1 Å². The zero-order valence-electron chi connectivity index (χ0n) is 18.4. The molecule has 0 unspecified atom stereocenters. The number of ether oxygens (including phenoxy) is 1. The molecule has 0 bridgehead atoms. The van der Waals surface area contributed by atoms with Crippen molar-refractivity contribution in [1.29, 1.82) is 0 Å². The molecule has 0 radical (unpaired) electrons. The van der Waals surface area contributed by atoms with E-state index in [1.54, 1.807) is 6.07 Å². The van der Waals surface area contributed by atoms with E-state index in [1.807, 2.05) is 50.2 Å². The van der Waals surface area contributed by atoms with Crippen LogP contribution in [-0.4, -0.2) is 22.3 Å². The van der Waals surface area contributed by atoms with Gasteiger partial charge in [-0.25, -0.2) is 14.0 Å². The van der Waals surface area contributed by atoms with E-state index in [4.69, 9.17) is 9.84 Å². The van der Waals surface area contributed by atoms with Crippen molar-refractivity contribution in [3.05, 3.63) is 84.2 Å². The lowest BCUT2D eigenvalue weighted by molar-refractivity contribution is -0.131. The highest BCUT2D eigenvalue weighted by Crippen LogP contribution is 2.41. The maximum atomic E-state index is 14.1. The van der Waals surface area contributed by atoms with E-state index in [2.05, 4.69) is 5.32 Å². The number of benzene rings is 3. The fourth-order valence-corrected chi connectivity index (χ4v) is 3.72. The lowest BCUT2D eigenvalue weighted by Crippen LogP contribution is -2.29. The van der Waals surface area contributed by atoms with Crippen LogP contribution in [-0.2, 0) is 9.53 Å². The number of fused-ring (bicyclic) bond motifs is 1. The van der Waals surface area contributed by atoms with Crippen molar-refractivity contribution in [2.45, 2.75) is 32.8 Å². The summed E-state index contributed by atoms with van der Waals surface area (Å²) in [5.74, 6) is -2.37. The van der Waals surface area contributed by atoms with Gasteiger partial charge in [0.2, 0.25) is 0 Å². The standard InChI is InChI=1S/C26H26FNO5/c1-26(2,15-6-5-12-23(30)31)24(18-13-14-22(29)20(27)16-18)33-25(32)28-21-11-7-9-17-8-3-4-10-19(17)21/h3-5,7-14,16,24,29H,6,15H2,1-2H3,(H,28,32)(H,30,31)/b12-5+/t24-/m1/s1. The third-order valence-corrected chi connectivity index (χ3v) is 5.45. The summed E-state index contributed by atoms with van der Waals surface area (Å²) >= 11 is 0. The van der Waals surface area contributed by atoms with Gasteiger partial charge in [-0.05, 0) is 42.0 Å². The number of nitrogens with one attached hydrogen (secondary N) is 1. The maximum Gasteiger partial charge on any atom is 0.412 e. The Balaban J connectivity index is 1.85. The van der Waals surface area contributed by atoms with Crippen LogP contribution in [0.1, 0.15) is 38.4 Å². The molecule has 33 heavy (non-hydrogen) atoms. The molecule has 3 N–H and O–H groups in total. The zero-order chi connectivity index (χ0) is 24.0. The second-order valence-corrected chi connectivity index (χ2v) is 8.42. The summed E-state index contributed by atoms with van der Waals surface area (Å²) in [4.78, 5) is 23.6. The molecule has 0 fully saturated rings. The number of anilines is 1. The van der Waals surface area contributed by atoms with E-state index in [1.165, 1.54) is 18.2 Å². The number of hydrogen-bond acceptors (Lipinski definition) is 4. The number of aromatic hydroxyl groups is 1. The largest absolute Gasteiger partial charge is 0.505 e. The predicted octanol–water partition coefficient (Wildman–Crippen LogP) is 6.42. The quantitative estimate of drug-likeness (QED) is 0.343. The van der Waals surface area contributed by atoms with Crippen LogP contribution >= 0.6 is 0 Å². The van der Waals surface area contributed by atoms with Crippen LogP contribution in [0, 0.1) is 11.2 Å². The van der Waals surface area contributed by atoms with Gasteiger partial charge in [0.1, 0.15) is 6.10 Å². The molecule has 3 aromatic rings. The summed E-state index contributed by atoms with van der Waals surface area (Å²) in [6.45, 7) is 3.70. The first-order chi connectivity index (χ1) is 15.7. The molecule has 0 aromatic heterocycles. The third-order valence-electron chi connectivity index (χ3n) is 5.45. The first-order valence-electron chi connectivity index (χ1n) is 10.5. The Morgan fingerprint density at radius 3 is 2.58 bits per heavy atom. The Morgan fingerprint density at radius 2 is 1.85 bits per heavy atom. The zero-order valence-corrected chi connectivity index (χ0v) is 18.4. The number of rotatable bonds is 8. The van der Waals surface area contributed by atoms with E-state index in [-0.39, 0.29) is 0 Å². The molecule has 0 aliphatic rings. The molecule has 0 aliphatic heterocycles. The molecule has 0 saturated heterocycles. The summed E-state index contributed by atoms with van der Waals surface area (Å²) in [7, 11) is 0. The molecule has 0 aliphatic carbocycles. The number of hydrogen-bond donors (Lipinski definition) is 3. The van der Waals surface area contributed by atoms with Crippen LogP contribution in [0.5, 0.6) is 5.75 Å². The number of phenols is 1. The van der Waals surface area contributed by atoms with Crippen LogP contribution in [0.15, 0.2) is 72.8 Å². The average molecular weight is 451 g/mol. The molecule has 6 nitrogen and oxygen atoms in total. The molecule has 7 heteroatoms. The van der Waals surface area contributed by atoms with Gasteiger partial charge in [0.05, 0.1) is 5.69 Å². The number of aliphatic carboxylic acids is 1. The molecule has 3 aromatic carbocycles. The van der Waals surface area contributed by atoms with Gasteiger partial charge in [-0.1, -0.05) is 62.4 Å². The second kappa shape index (κ2) is 10.2. The fourth-order valence-electron chi connectivity index (χ4n) is 3.72. The van der Waals surface area contributed by atoms with Gasteiger partial charge in [0, 0.05) is 16.9 Å². The maximum absolute atomic E-state index is 14.1. The number of halogens is 1. The lowest BCUT2D eigenvalue weighted by Gasteiger charge is -2.34. The Morgan fingerprint density at radius 1 is 1.12 bits per heavy atom. The molecular weight excluding hydrogens is 425 g/mol. The normalized spacial score (nSPS) is 12.6. The minimum absolute atomic E-state index is 0.380. The topological polar surface area (TPSA) is 95.9 Å². The Bertz CT molecular complexity index is 1180.